The summed E-state index contributed by atoms with van der Waals surface area (Å²) in [7, 11) is 0. The molecule has 1 atom stereocenters. The Labute approximate surface area is 150 Å². The Balaban J connectivity index is 1.32. The van der Waals surface area contributed by atoms with Crippen molar-refractivity contribution in [2.24, 2.45) is 0 Å². The number of aliphatic hydroxyl groups excluding tert-OH is 1. The first-order chi connectivity index (χ1) is 12.3. The summed E-state index contributed by atoms with van der Waals surface area (Å²) in [6, 6.07) is 20.3. The molecule has 4 heteroatoms. The first-order valence-corrected chi connectivity index (χ1v) is 9.14. The summed E-state index contributed by atoms with van der Waals surface area (Å²) in [5, 5.41) is 10.2. The van der Waals surface area contributed by atoms with E-state index in [0.717, 1.165) is 44.9 Å². The van der Waals surface area contributed by atoms with Gasteiger partial charge in [-0.25, -0.2) is 0 Å². The zero-order chi connectivity index (χ0) is 17.3. The topological polar surface area (TPSA) is 35.9 Å². The summed E-state index contributed by atoms with van der Waals surface area (Å²) >= 11 is 0. The monoisotopic (exact) mass is 340 g/mol. The Morgan fingerprint density at radius 3 is 2.12 bits per heavy atom. The molecule has 0 radical (unpaired) electrons. The number of para-hydroxylation sites is 1. The minimum absolute atomic E-state index is 0.345. The van der Waals surface area contributed by atoms with Gasteiger partial charge in [-0.2, -0.15) is 0 Å². The van der Waals surface area contributed by atoms with Crippen LogP contribution in [0.1, 0.15) is 5.56 Å². The van der Waals surface area contributed by atoms with Crippen molar-refractivity contribution < 1.29 is 9.84 Å². The summed E-state index contributed by atoms with van der Waals surface area (Å²) in [5.41, 5.74) is 1.40. The quantitative estimate of drug-likeness (QED) is 0.800. The lowest BCUT2D eigenvalue weighted by atomic mass is 10.1. The summed E-state index contributed by atoms with van der Waals surface area (Å²) in [4.78, 5) is 4.84. The van der Waals surface area contributed by atoms with Crippen LogP contribution in [-0.2, 0) is 6.42 Å². The van der Waals surface area contributed by atoms with Crippen molar-refractivity contribution in [1.29, 1.82) is 0 Å². The van der Waals surface area contributed by atoms with Gasteiger partial charge in [0.15, 0.2) is 0 Å². The molecule has 1 N–H and O–H groups in total. The van der Waals surface area contributed by atoms with E-state index in [2.05, 4.69) is 40.1 Å². The Morgan fingerprint density at radius 2 is 1.44 bits per heavy atom. The van der Waals surface area contributed by atoms with Crippen LogP contribution in [0.15, 0.2) is 60.7 Å². The van der Waals surface area contributed by atoms with Crippen LogP contribution in [0.25, 0.3) is 0 Å². The smallest absolute Gasteiger partial charge is 0.119 e. The normalized spacial score (nSPS) is 17.3. The van der Waals surface area contributed by atoms with Crippen LogP contribution in [0.3, 0.4) is 0 Å². The van der Waals surface area contributed by atoms with Crippen LogP contribution in [0.2, 0.25) is 0 Å². The van der Waals surface area contributed by atoms with Crippen LogP contribution < -0.4 is 4.74 Å². The molecular formula is C21H28N2O2. The fourth-order valence-electron chi connectivity index (χ4n) is 3.19. The summed E-state index contributed by atoms with van der Waals surface area (Å²) in [6.45, 7) is 6.29. The molecule has 1 saturated heterocycles. The maximum Gasteiger partial charge on any atom is 0.119 e. The molecule has 0 amide bonds. The zero-order valence-electron chi connectivity index (χ0n) is 14.8. The van der Waals surface area contributed by atoms with Crippen molar-refractivity contribution >= 4 is 0 Å². The standard InChI is InChI=1S/C21H28N2O2/c24-20(18-25-21-9-5-2-6-10-21)17-23-15-13-22(14-16-23)12-11-19-7-3-1-4-8-19/h1-10,20,24H,11-18H2. The van der Waals surface area contributed by atoms with Crippen molar-refractivity contribution in [3.05, 3.63) is 66.2 Å². The summed E-state index contributed by atoms with van der Waals surface area (Å²) in [6.07, 6.45) is 0.657. The molecule has 0 aliphatic carbocycles. The highest BCUT2D eigenvalue weighted by atomic mass is 16.5. The molecule has 0 saturated carbocycles. The number of hydrogen-bond acceptors (Lipinski definition) is 4. The van der Waals surface area contributed by atoms with E-state index in [9.17, 15) is 5.11 Å². The average Bonchev–Trinajstić information content (AvgIpc) is 2.67. The van der Waals surface area contributed by atoms with E-state index in [1.54, 1.807) is 0 Å². The molecule has 4 nitrogen and oxygen atoms in total. The highest BCUT2D eigenvalue weighted by Crippen LogP contribution is 2.10. The molecular weight excluding hydrogens is 312 g/mol. The fraction of sp³-hybridized carbons (Fsp3) is 0.429. The van der Waals surface area contributed by atoms with Crippen molar-refractivity contribution in [2.75, 3.05) is 45.9 Å². The molecule has 25 heavy (non-hydrogen) atoms. The molecule has 0 spiro atoms. The first-order valence-electron chi connectivity index (χ1n) is 9.14. The molecule has 2 aromatic carbocycles. The Bertz CT molecular complexity index is 598. The number of rotatable bonds is 8. The molecule has 3 rings (SSSR count). The summed E-state index contributed by atoms with van der Waals surface area (Å²) in [5.74, 6) is 0.812. The number of aliphatic hydroxyl groups is 1. The van der Waals surface area contributed by atoms with Gasteiger partial charge in [-0.05, 0) is 24.1 Å². The minimum atomic E-state index is -0.448. The molecule has 134 valence electrons. The van der Waals surface area contributed by atoms with Crippen molar-refractivity contribution in [1.82, 2.24) is 9.80 Å². The van der Waals surface area contributed by atoms with Gasteiger partial charge in [-0.3, -0.25) is 4.90 Å². The lowest BCUT2D eigenvalue weighted by molar-refractivity contribution is 0.0463. The SMILES string of the molecule is OC(COc1ccccc1)CN1CCN(CCc2ccccc2)CC1. The van der Waals surface area contributed by atoms with E-state index in [1.165, 1.54) is 5.56 Å². The lowest BCUT2D eigenvalue weighted by Gasteiger charge is -2.35. The molecule has 2 aromatic rings. The molecule has 0 bridgehead atoms. The van der Waals surface area contributed by atoms with Gasteiger partial charge in [0.25, 0.3) is 0 Å². The Kier molecular flexibility index (Phi) is 6.86. The van der Waals surface area contributed by atoms with Gasteiger partial charge in [0.05, 0.1) is 0 Å². The van der Waals surface area contributed by atoms with Gasteiger partial charge >= 0.3 is 0 Å². The number of piperazine rings is 1. The van der Waals surface area contributed by atoms with Crippen LogP contribution in [-0.4, -0.2) is 66.9 Å². The third kappa shape index (κ3) is 6.16. The highest BCUT2D eigenvalue weighted by Gasteiger charge is 2.19. The van der Waals surface area contributed by atoms with Gasteiger partial charge < -0.3 is 14.7 Å². The van der Waals surface area contributed by atoms with Gasteiger partial charge in [0.2, 0.25) is 0 Å². The Hall–Kier alpha value is -1.88. The lowest BCUT2D eigenvalue weighted by Crippen LogP contribution is -2.49. The minimum Gasteiger partial charge on any atom is -0.491 e. The largest absolute Gasteiger partial charge is 0.491 e. The van der Waals surface area contributed by atoms with E-state index < -0.39 is 6.10 Å². The predicted molar refractivity (Wildman–Crippen MR) is 101 cm³/mol. The second-order valence-corrected chi connectivity index (χ2v) is 6.66. The van der Waals surface area contributed by atoms with Crippen molar-refractivity contribution in [3.63, 3.8) is 0 Å². The van der Waals surface area contributed by atoms with Crippen molar-refractivity contribution in [3.8, 4) is 5.75 Å². The third-order valence-corrected chi connectivity index (χ3v) is 4.68. The summed E-state index contributed by atoms with van der Waals surface area (Å²) < 4.78 is 5.63. The third-order valence-electron chi connectivity index (χ3n) is 4.68. The highest BCUT2D eigenvalue weighted by molar-refractivity contribution is 5.20. The number of benzene rings is 2. The maximum atomic E-state index is 10.2. The number of β-amino-alcohol motifs (C(OH)–C–C–N with tert-alkyl or cyclic N) is 1. The van der Waals surface area contributed by atoms with Crippen LogP contribution in [0.4, 0.5) is 0 Å². The van der Waals surface area contributed by atoms with E-state index >= 15 is 0 Å². The second-order valence-electron chi connectivity index (χ2n) is 6.66. The van der Waals surface area contributed by atoms with Crippen LogP contribution in [0.5, 0.6) is 5.75 Å². The van der Waals surface area contributed by atoms with E-state index in [1.807, 2.05) is 30.3 Å². The number of ether oxygens (including phenoxy) is 1. The second kappa shape index (κ2) is 9.56. The van der Waals surface area contributed by atoms with Crippen molar-refractivity contribution in [2.45, 2.75) is 12.5 Å². The predicted octanol–water partition coefficient (Wildman–Crippen LogP) is 2.29. The van der Waals surface area contributed by atoms with E-state index in [4.69, 9.17) is 4.74 Å². The molecule has 0 aromatic heterocycles. The van der Waals surface area contributed by atoms with Gasteiger partial charge in [-0.15, -0.1) is 0 Å². The molecule has 1 aliphatic rings. The van der Waals surface area contributed by atoms with Crippen LogP contribution >= 0.6 is 0 Å². The average molecular weight is 340 g/mol. The Morgan fingerprint density at radius 1 is 0.840 bits per heavy atom. The molecule has 1 aliphatic heterocycles. The molecule has 1 unspecified atom stereocenters. The van der Waals surface area contributed by atoms with E-state index in [0.29, 0.717) is 13.2 Å². The number of nitrogens with zero attached hydrogens (tertiary/aromatic N) is 2. The number of hydrogen-bond donors (Lipinski definition) is 1. The van der Waals surface area contributed by atoms with Crippen LogP contribution in [0, 0.1) is 0 Å². The first kappa shape index (κ1) is 17.9. The fourth-order valence-corrected chi connectivity index (χ4v) is 3.19. The van der Waals surface area contributed by atoms with Gasteiger partial charge in [-0.1, -0.05) is 48.5 Å². The maximum absolute atomic E-state index is 10.2. The van der Waals surface area contributed by atoms with E-state index in [-0.39, 0.29) is 0 Å². The van der Waals surface area contributed by atoms with Gasteiger partial charge in [0, 0.05) is 39.3 Å². The molecule has 1 heterocycles. The molecule has 1 fully saturated rings. The van der Waals surface area contributed by atoms with Gasteiger partial charge in [0.1, 0.15) is 18.5 Å². The zero-order valence-corrected chi connectivity index (χ0v) is 14.8.